The third-order valence-corrected chi connectivity index (χ3v) is 5.41. The molecule has 0 aliphatic rings. The van der Waals surface area contributed by atoms with Crippen LogP contribution in [0.15, 0.2) is 90.0 Å². The highest BCUT2D eigenvalue weighted by atomic mass is 35.5. The maximum absolute atomic E-state index is 13.2. The standard InChI is InChI=1S/C25H22ClN3O2/c26-21-11-12-23-22(15-21)25(31)29(18-27-23)17-24(30)28(16-20-9-5-2-6-10-20)14-13-19-7-3-1-4-8-19/h1-12,15,18H,13-14,16-17H2. The Labute approximate surface area is 185 Å². The van der Waals surface area contributed by atoms with Gasteiger partial charge in [-0.3, -0.25) is 14.2 Å². The second-order valence-electron chi connectivity index (χ2n) is 7.38. The lowest BCUT2D eigenvalue weighted by Gasteiger charge is -2.23. The Morgan fingerprint density at radius 2 is 1.61 bits per heavy atom. The van der Waals surface area contributed by atoms with E-state index in [1.807, 2.05) is 60.7 Å². The summed E-state index contributed by atoms with van der Waals surface area (Å²) in [4.78, 5) is 32.2. The molecule has 0 bridgehead atoms. The van der Waals surface area contributed by atoms with Gasteiger partial charge in [0.05, 0.1) is 17.2 Å². The van der Waals surface area contributed by atoms with E-state index >= 15 is 0 Å². The van der Waals surface area contributed by atoms with Gasteiger partial charge in [-0.2, -0.15) is 0 Å². The van der Waals surface area contributed by atoms with Crippen molar-refractivity contribution < 1.29 is 4.79 Å². The summed E-state index contributed by atoms with van der Waals surface area (Å²) in [5, 5.41) is 0.866. The van der Waals surface area contributed by atoms with E-state index in [2.05, 4.69) is 4.98 Å². The van der Waals surface area contributed by atoms with E-state index in [0.717, 1.165) is 17.5 Å². The second kappa shape index (κ2) is 9.58. The van der Waals surface area contributed by atoms with Crippen molar-refractivity contribution in [2.75, 3.05) is 6.54 Å². The SMILES string of the molecule is O=C(Cn1cnc2ccc(Cl)cc2c1=O)N(CCc1ccccc1)Cc1ccccc1. The van der Waals surface area contributed by atoms with Crippen LogP contribution in [0, 0.1) is 0 Å². The molecule has 1 aromatic heterocycles. The minimum absolute atomic E-state index is 0.0735. The summed E-state index contributed by atoms with van der Waals surface area (Å²) in [6, 6.07) is 24.9. The van der Waals surface area contributed by atoms with Gasteiger partial charge in [0.15, 0.2) is 0 Å². The molecule has 1 amide bonds. The Bertz CT molecular complexity index is 1240. The van der Waals surface area contributed by atoms with Crippen molar-refractivity contribution in [1.82, 2.24) is 14.5 Å². The second-order valence-corrected chi connectivity index (χ2v) is 7.81. The molecule has 0 N–H and O–H groups in total. The summed E-state index contributed by atoms with van der Waals surface area (Å²) in [6.07, 6.45) is 2.16. The molecule has 0 unspecified atom stereocenters. The molecule has 4 aromatic rings. The van der Waals surface area contributed by atoms with Crippen molar-refractivity contribution >= 4 is 28.4 Å². The molecule has 156 valence electrons. The molecule has 5 nitrogen and oxygen atoms in total. The number of nitrogens with zero attached hydrogens (tertiary/aromatic N) is 3. The summed E-state index contributed by atoms with van der Waals surface area (Å²) in [6.45, 7) is 0.962. The van der Waals surface area contributed by atoms with Crippen LogP contribution in [0.5, 0.6) is 0 Å². The van der Waals surface area contributed by atoms with E-state index in [9.17, 15) is 9.59 Å². The number of hydrogen-bond donors (Lipinski definition) is 0. The van der Waals surface area contributed by atoms with Gasteiger partial charge in [-0.25, -0.2) is 4.98 Å². The Morgan fingerprint density at radius 1 is 0.935 bits per heavy atom. The first-order chi connectivity index (χ1) is 15.1. The maximum Gasteiger partial charge on any atom is 0.261 e. The normalized spacial score (nSPS) is 10.9. The van der Waals surface area contributed by atoms with Crippen LogP contribution in [-0.4, -0.2) is 26.9 Å². The highest BCUT2D eigenvalue weighted by Gasteiger charge is 2.16. The highest BCUT2D eigenvalue weighted by molar-refractivity contribution is 6.31. The maximum atomic E-state index is 13.2. The summed E-state index contributed by atoms with van der Waals surface area (Å²) >= 11 is 6.04. The number of carbonyl (C=O) groups is 1. The van der Waals surface area contributed by atoms with Gasteiger partial charge in [0.2, 0.25) is 5.91 Å². The topological polar surface area (TPSA) is 55.2 Å². The quantitative estimate of drug-likeness (QED) is 0.438. The fourth-order valence-electron chi connectivity index (χ4n) is 3.49. The van der Waals surface area contributed by atoms with Crippen LogP contribution in [0.2, 0.25) is 5.02 Å². The third kappa shape index (κ3) is 5.19. The lowest BCUT2D eigenvalue weighted by Crippen LogP contribution is -2.37. The van der Waals surface area contributed by atoms with Gasteiger partial charge >= 0.3 is 0 Å². The average molecular weight is 432 g/mol. The molecule has 0 saturated carbocycles. The molecular formula is C25H22ClN3O2. The number of aromatic nitrogens is 2. The Kier molecular flexibility index (Phi) is 6.43. The van der Waals surface area contributed by atoms with Gasteiger partial charge in [0.1, 0.15) is 6.54 Å². The summed E-state index contributed by atoms with van der Waals surface area (Å²) in [5.41, 5.74) is 2.49. The molecule has 4 rings (SSSR count). The zero-order valence-corrected chi connectivity index (χ0v) is 17.7. The molecule has 6 heteroatoms. The van der Waals surface area contributed by atoms with Crippen LogP contribution >= 0.6 is 11.6 Å². The molecule has 0 fully saturated rings. The molecule has 0 radical (unpaired) electrons. The summed E-state index contributed by atoms with van der Waals surface area (Å²) in [5.74, 6) is -0.134. The molecule has 0 aliphatic heterocycles. The monoisotopic (exact) mass is 431 g/mol. The zero-order valence-electron chi connectivity index (χ0n) is 16.9. The van der Waals surface area contributed by atoms with Crippen LogP contribution in [0.4, 0.5) is 0 Å². The Balaban J connectivity index is 1.56. The van der Waals surface area contributed by atoms with E-state index in [4.69, 9.17) is 11.6 Å². The fraction of sp³-hybridized carbons (Fsp3) is 0.160. The van der Waals surface area contributed by atoms with E-state index < -0.39 is 0 Å². The predicted molar refractivity (Wildman–Crippen MR) is 123 cm³/mol. The lowest BCUT2D eigenvalue weighted by molar-refractivity contribution is -0.132. The van der Waals surface area contributed by atoms with Gasteiger partial charge in [-0.15, -0.1) is 0 Å². The van der Waals surface area contributed by atoms with Crippen LogP contribution in [0.3, 0.4) is 0 Å². The molecular weight excluding hydrogens is 410 g/mol. The van der Waals surface area contributed by atoms with Gasteiger partial charge in [0, 0.05) is 18.1 Å². The number of rotatable bonds is 7. The zero-order chi connectivity index (χ0) is 21.6. The van der Waals surface area contributed by atoms with Crippen molar-refractivity contribution in [3.8, 4) is 0 Å². The van der Waals surface area contributed by atoms with Crippen molar-refractivity contribution in [1.29, 1.82) is 0 Å². The van der Waals surface area contributed by atoms with E-state index in [0.29, 0.717) is 29.0 Å². The molecule has 1 heterocycles. The van der Waals surface area contributed by atoms with Crippen LogP contribution in [0.25, 0.3) is 10.9 Å². The van der Waals surface area contributed by atoms with Gasteiger partial charge in [-0.1, -0.05) is 72.3 Å². The number of hydrogen-bond acceptors (Lipinski definition) is 3. The first-order valence-electron chi connectivity index (χ1n) is 10.1. The van der Waals surface area contributed by atoms with Crippen molar-refractivity contribution in [3.63, 3.8) is 0 Å². The van der Waals surface area contributed by atoms with Gasteiger partial charge in [0.25, 0.3) is 5.56 Å². The molecule has 0 aliphatic carbocycles. The van der Waals surface area contributed by atoms with E-state index in [-0.39, 0.29) is 18.0 Å². The van der Waals surface area contributed by atoms with E-state index in [1.54, 1.807) is 23.1 Å². The average Bonchev–Trinajstić information content (AvgIpc) is 2.80. The number of benzene rings is 3. The predicted octanol–water partition coefficient (Wildman–Crippen LogP) is 4.32. The smallest absolute Gasteiger partial charge is 0.261 e. The minimum Gasteiger partial charge on any atom is -0.336 e. The van der Waals surface area contributed by atoms with Crippen molar-refractivity contribution in [3.05, 3.63) is 112 Å². The van der Waals surface area contributed by atoms with E-state index in [1.165, 1.54) is 10.9 Å². The Hall–Kier alpha value is -3.44. The Morgan fingerprint density at radius 3 is 2.32 bits per heavy atom. The lowest BCUT2D eigenvalue weighted by atomic mass is 10.1. The number of amides is 1. The minimum atomic E-state index is -0.274. The number of fused-ring (bicyclic) bond motifs is 1. The van der Waals surface area contributed by atoms with Crippen LogP contribution in [0.1, 0.15) is 11.1 Å². The first kappa shape index (κ1) is 20.8. The molecule has 3 aromatic carbocycles. The number of halogens is 1. The van der Waals surface area contributed by atoms with Crippen LogP contribution in [-0.2, 0) is 24.3 Å². The molecule has 0 spiro atoms. The van der Waals surface area contributed by atoms with Crippen molar-refractivity contribution in [2.45, 2.75) is 19.5 Å². The molecule has 0 atom stereocenters. The van der Waals surface area contributed by atoms with Gasteiger partial charge < -0.3 is 4.90 Å². The summed E-state index contributed by atoms with van der Waals surface area (Å²) in [7, 11) is 0. The van der Waals surface area contributed by atoms with Crippen LogP contribution < -0.4 is 5.56 Å². The van der Waals surface area contributed by atoms with Crippen molar-refractivity contribution in [2.24, 2.45) is 0 Å². The van der Waals surface area contributed by atoms with Gasteiger partial charge in [-0.05, 0) is 35.7 Å². The number of carbonyl (C=O) groups excluding carboxylic acids is 1. The first-order valence-corrected chi connectivity index (χ1v) is 10.5. The largest absolute Gasteiger partial charge is 0.336 e. The molecule has 0 saturated heterocycles. The summed E-state index contributed by atoms with van der Waals surface area (Å²) < 4.78 is 1.35. The third-order valence-electron chi connectivity index (χ3n) is 5.17. The fourth-order valence-corrected chi connectivity index (χ4v) is 3.67. The highest BCUT2D eigenvalue weighted by Crippen LogP contribution is 2.14. The molecule has 31 heavy (non-hydrogen) atoms.